The Kier molecular flexibility index (Phi) is 9.06. The topological polar surface area (TPSA) is 8.17 Å². The highest BCUT2D eigenvalue weighted by Gasteiger charge is 2.18. The monoisotopic (exact) mass is 820 g/mol. The molecular formula is C60H40N2S. The molecule has 12 aromatic rings. The minimum atomic E-state index is 1.09. The second-order valence-corrected chi connectivity index (χ2v) is 17.2. The zero-order valence-electron chi connectivity index (χ0n) is 34.4. The molecule has 0 aliphatic carbocycles. The van der Waals surface area contributed by atoms with Crippen molar-refractivity contribution in [2.24, 2.45) is 0 Å². The molecule has 0 unspecified atom stereocenters. The lowest BCUT2D eigenvalue weighted by Gasteiger charge is -2.26. The molecule has 2 aromatic heterocycles. The van der Waals surface area contributed by atoms with Crippen molar-refractivity contribution >= 4 is 70.4 Å². The molecule has 0 atom stereocenters. The van der Waals surface area contributed by atoms with E-state index in [1.807, 2.05) is 11.3 Å². The summed E-state index contributed by atoms with van der Waals surface area (Å²) in [6, 6.07) is 88.4. The maximum Gasteiger partial charge on any atom is 0.0542 e. The average molecular weight is 821 g/mol. The van der Waals surface area contributed by atoms with Gasteiger partial charge < -0.3 is 9.47 Å². The van der Waals surface area contributed by atoms with Crippen molar-refractivity contribution in [1.29, 1.82) is 0 Å². The van der Waals surface area contributed by atoms with Crippen LogP contribution in [0.4, 0.5) is 17.1 Å². The molecule has 0 spiro atoms. The zero-order valence-corrected chi connectivity index (χ0v) is 35.2. The predicted octanol–water partition coefficient (Wildman–Crippen LogP) is 17.3. The molecule has 2 nitrogen and oxygen atoms in total. The van der Waals surface area contributed by atoms with E-state index in [-0.39, 0.29) is 0 Å². The number of thiophene rings is 1. The van der Waals surface area contributed by atoms with Crippen LogP contribution in [0.3, 0.4) is 0 Å². The SMILES string of the molecule is c1ccc(-c2cc(-c3ccccc3)cc(-c3ccc(N(c4ccc(-c5ccc6sc7ccccc7c6c5)cc4)c4ccc5c(c4)c4ccccc4n5-c4ccccc4)cc3)c2)cc1. The molecule has 0 N–H and O–H groups in total. The van der Waals surface area contributed by atoms with Gasteiger partial charge in [-0.1, -0.05) is 146 Å². The Morgan fingerprint density at radius 3 is 1.37 bits per heavy atom. The maximum atomic E-state index is 2.40. The van der Waals surface area contributed by atoms with Gasteiger partial charge >= 0.3 is 0 Å². The fraction of sp³-hybridized carbons (Fsp3) is 0. The van der Waals surface area contributed by atoms with Gasteiger partial charge in [0.2, 0.25) is 0 Å². The molecule has 0 aliphatic heterocycles. The summed E-state index contributed by atoms with van der Waals surface area (Å²) in [5.41, 5.74) is 16.4. The van der Waals surface area contributed by atoms with E-state index in [1.54, 1.807) is 0 Å². The molecule has 0 radical (unpaired) electrons. The summed E-state index contributed by atoms with van der Waals surface area (Å²) >= 11 is 1.86. The van der Waals surface area contributed by atoms with E-state index in [0.717, 1.165) is 22.7 Å². The number of hydrogen-bond donors (Lipinski definition) is 0. The highest BCUT2D eigenvalue weighted by molar-refractivity contribution is 7.25. The number of benzene rings is 10. The maximum absolute atomic E-state index is 2.40. The van der Waals surface area contributed by atoms with E-state index in [1.165, 1.54) is 86.5 Å². The Balaban J connectivity index is 0.985. The standard InChI is InChI=1S/C60H40N2S/c1-4-14-41(15-5-1)46-36-47(42-16-6-2-7-17-42)38-48(37-46)44-26-31-51(32-27-44)61(50-29-24-43(25-30-50)45-28-35-60-56(39-45)54-21-11-13-23-59(54)63-60)52-33-34-58-55(40-52)53-20-10-12-22-57(53)62(58)49-18-8-3-9-19-49/h1-40H. The predicted molar refractivity (Wildman–Crippen MR) is 270 cm³/mol. The molecule has 0 aliphatic rings. The number of aromatic nitrogens is 1. The Hall–Kier alpha value is -7.98. The van der Waals surface area contributed by atoms with Crippen LogP contribution in [0.15, 0.2) is 243 Å². The Morgan fingerprint density at radius 2 is 0.730 bits per heavy atom. The summed E-state index contributed by atoms with van der Waals surface area (Å²) < 4.78 is 5.02. The summed E-state index contributed by atoms with van der Waals surface area (Å²) in [6.07, 6.45) is 0. The quantitative estimate of drug-likeness (QED) is 0.148. The van der Waals surface area contributed by atoms with Gasteiger partial charge in [0.05, 0.1) is 11.0 Å². The minimum absolute atomic E-state index is 1.09. The van der Waals surface area contributed by atoms with Crippen molar-refractivity contribution in [3.63, 3.8) is 0 Å². The summed E-state index contributed by atoms with van der Waals surface area (Å²) in [5.74, 6) is 0. The van der Waals surface area contributed by atoms with Gasteiger partial charge in [-0.3, -0.25) is 0 Å². The van der Waals surface area contributed by atoms with Crippen molar-refractivity contribution in [2.75, 3.05) is 4.90 Å². The molecule has 0 fully saturated rings. The van der Waals surface area contributed by atoms with Gasteiger partial charge in [-0.05, 0) is 142 Å². The van der Waals surface area contributed by atoms with Crippen LogP contribution in [0.5, 0.6) is 0 Å². The van der Waals surface area contributed by atoms with Gasteiger partial charge in [0.15, 0.2) is 0 Å². The van der Waals surface area contributed by atoms with Crippen LogP contribution >= 0.6 is 11.3 Å². The normalized spacial score (nSPS) is 11.5. The van der Waals surface area contributed by atoms with Crippen LogP contribution < -0.4 is 4.90 Å². The Labute approximate surface area is 370 Å². The van der Waals surface area contributed by atoms with E-state index in [0.29, 0.717) is 0 Å². The molecule has 12 rings (SSSR count). The van der Waals surface area contributed by atoms with E-state index in [2.05, 4.69) is 252 Å². The molecule has 2 heterocycles. The third-order valence-corrected chi connectivity index (χ3v) is 13.5. The van der Waals surface area contributed by atoms with Gasteiger partial charge in [0.1, 0.15) is 0 Å². The van der Waals surface area contributed by atoms with E-state index >= 15 is 0 Å². The van der Waals surface area contributed by atoms with Crippen molar-refractivity contribution in [3.05, 3.63) is 243 Å². The first kappa shape index (κ1) is 36.8. The van der Waals surface area contributed by atoms with Crippen LogP contribution in [0.2, 0.25) is 0 Å². The number of fused-ring (bicyclic) bond motifs is 6. The molecule has 3 heteroatoms. The highest BCUT2D eigenvalue weighted by Crippen LogP contribution is 2.42. The fourth-order valence-electron chi connectivity index (χ4n) is 9.30. The number of anilines is 3. The fourth-order valence-corrected chi connectivity index (χ4v) is 10.4. The lowest BCUT2D eigenvalue weighted by Crippen LogP contribution is -2.10. The number of nitrogens with zero attached hydrogens (tertiary/aromatic N) is 2. The number of para-hydroxylation sites is 2. The van der Waals surface area contributed by atoms with Crippen molar-refractivity contribution < 1.29 is 0 Å². The third-order valence-electron chi connectivity index (χ3n) is 12.4. The van der Waals surface area contributed by atoms with Crippen LogP contribution in [0, 0.1) is 0 Å². The molecule has 0 bridgehead atoms. The molecule has 10 aromatic carbocycles. The summed E-state index contributed by atoms with van der Waals surface area (Å²) in [7, 11) is 0. The molecule has 296 valence electrons. The van der Waals surface area contributed by atoms with Crippen LogP contribution in [-0.4, -0.2) is 4.57 Å². The molecular weight excluding hydrogens is 781 g/mol. The number of rotatable bonds is 8. The van der Waals surface area contributed by atoms with E-state index in [9.17, 15) is 0 Å². The first-order valence-electron chi connectivity index (χ1n) is 21.5. The molecule has 0 amide bonds. The van der Waals surface area contributed by atoms with Gasteiger partial charge in [-0.15, -0.1) is 11.3 Å². The smallest absolute Gasteiger partial charge is 0.0542 e. The molecule has 63 heavy (non-hydrogen) atoms. The highest BCUT2D eigenvalue weighted by atomic mass is 32.1. The van der Waals surface area contributed by atoms with Crippen LogP contribution in [0.1, 0.15) is 0 Å². The lowest BCUT2D eigenvalue weighted by molar-refractivity contribution is 1.18. The van der Waals surface area contributed by atoms with Crippen molar-refractivity contribution in [3.8, 4) is 50.2 Å². The second-order valence-electron chi connectivity index (χ2n) is 16.2. The van der Waals surface area contributed by atoms with Crippen molar-refractivity contribution in [1.82, 2.24) is 4.57 Å². The van der Waals surface area contributed by atoms with Crippen LogP contribution in [0.25, 0.3) is 92.2 Å². The number of hydrogen-bond acceptors (Lipinski definition) is 2. The van der Waals surface area contributed by atoms with Gasteiger partial charge in [0, 0.05) is 53.7 Å². The first-order chi connectivity index (χ1) is 31.2. The van der Waals surface area contributed by atoms with Crippen molar-refractivity contribution in [2.45, 2.75) is 0 Å². The zero-order chi connectivity index (χ0) is 41.7. The Morgan fingerprint density at radius 1 is 0.270 bits per heavy atom. The van der Waals surface area contributed by atoms with Crippen LogP contribution in [-0.2, 0) is 0 Å². The second kappa shape index (κ2) is 15.5. The van der Waals surface area contributed by atoms with Gasteiger partial charge in [0.25, 0.3) is 0 Å². The van der Waals surface area contributed by atoms with Gasteiger partial charge in [-0.2, -0.15) is 0 Å². The summed E-state index contributed by atoms with van der Waals surface area (Å²) in [5, 5.41) is 5.07. The van der Waals surface area contributed by atoms with Gasteiger partial charge in [-0.25, -0.2) is 0 Å². The molecule has 0 saturated heterocycles. The average Bonchev–Trinajstić information content (AvgIpc) is 3.90. The first-order valence-corrected chi connectivity index (χ1v) is 22.3. The largest absolute Gasteiger partial charge is 0.310 e. The summed E-state index contributed by atoms with van der Waals surface area (Å²) in [4.78, 5) is 2.40. The minimum Gasteiger partial charge on any atom is -0.310 e. The van der Waals surface area contributed by atoms with E-state index < -0.39 is 0 Å². The third kappa shape index (κ3) is 6.67. The Bertz CT molecular complexity index is 3530. The summed E-state index contributed by atoms with van der Waals surface area (Å²) in [6.45, 7) is 0. The molecule has 0 saturated carbocycles. The lowest BCUT2D eigenvalue weighted by atomic mass is 9.93. The van der Waals surface area contributed by atoms with E-state index in [4.69, 9.17) is 0 Å².